The Morgan fingerprint density at radius 2 is 1.90 bits per heavy atom. The molecule has 3 aromatic rings. The van der Waals surface area contributed by atoms with Crippen molar-refractivity contribution >= 4 is 28.6 Å². The molecule has 3 rings (SSSR count). The molecule has 3 N–H and O–H groups in total. The van der Waals surface area contributed by atoms with Crippen LogP contribution in [0.25, 0.3) is 10.9 Å². The quantitative estimate of drug-likeness (QED) is 0.476. The minimum absolute atomic E-state index is 0.111. The fraction of sp³-hybridized carbons (Fsp3) is 0.318. The van der Waals surface area contributed by atoms with Crippen molar-refractivity contribution in [3.63, 3.8) is 0 Å². The zero-order chi connectivity index (χ0) is 21.7. The normalized spacial score (nSPS) is 12.3. The number of carbonyl (C=O) groups is 1. The average Bonchev–Trinajstić information content (AvgIpc) is 2.70. The molecule has 0 saturated heterocycles. The molecular formula is C22H25ClN4O3. The molecule has 158 valence electrons. The van der Waals surface area contributed by atoms with E-state index in [1.165, 1.54) is 0 Å². The number of benzene rings is 2. The Bertz CT molecular complexity index is 1080. The van der Waals surface area contributed by atoms with E-state index in [2.05, 4.69) is 10.6 Å². The summed E-state index contributed by atoms with van der Waals surface area (Å²) in [6, 6.07) is 14.6. The van der Waals surface area contributed by atoms with Crippen LogP contribution < -0.4 is 16.2 Å². The van der Waals surface area contributed by atoms with E-state index in [1.807, 2.05) is 44.2 Å². The van der Waals surface area contributed by atoms with Crippen molar-refractivity contribution in [3.8, 4) is 0 Å². The van der Waals surface area contributed by atoms with E-state index in [-0.39, 0.29) is 24.1 Å². The van der Waals surface area contributed by atoms with Crippen LogP contribution in [-0.4, -0.2) is 33.8 Å². The van der Waals surface area contributed by atoms with E-state index < -0.39 is 6.09 Å². The van der Waals surface area contributed by atoms with Gasteiger partial charge in [-0.3, -0.25) is 9.36 Å². The van der Waals surface area contributed by atoms with Crippen molar-refractivity contribution in [1.29, 1.82) is 0 Å². The van der Waals surface area contributed by atoms with Crippen LogP contribution in [0.2, 0.25) is 5.02 Å². The molecule has 8 heteroatoms. The summed E-state index contributed by atoms with van der Waals surface area (Å²) in [6.45, 7) is 5.11. The molecule has 0 bridgehead atoms. The van der Waals surface area contributed by atoms with Crippen LogP contribution >= 0.6 is 11.6 Å². The highest BCUT2D eigenvalue weighted by molar-refractivity contribution is 6.31. The van der Waals surface area contributed by atoms with Gasteiger partial charge in [-0.1, -0.05) is 55.8 Å². The van der Waals surface area contributed by atoms with Crippen LogP contribution in [0.3, 0.4) is 0 Å². The number of halogens is 1. The third-order valence-corrected chi connectivity index (χ3v) is 5.08. The maximum Gasteiger partial charge on any atom is 0.404 e. The molecule has 1 amide bonds. The summed E-state index contributed by atoms with van der Waals surface area (Å²) in [5.74, 6) is 0.712. The Balaban J connectivity index is 2.07. The Morgan fingerprint density at radius 1 is 1.17 bits per heavy atom. The number of nitrogens with one attached hydrogen (secondary N) is 2. The van der Waals surface area contributed by atoms with Gasteiger partial charge in [-0.05, 0) is 29.7 Å². The predicted octanol–water partition coefficient (Wildman–Crippen LogP) is 3.65. The topological polar surface area (TPSA) is 96.2 Å². The van der Waals surface area contributed by atoms with E-state index in [4.69, 9.17) is 21.7 Å². The molecular weight excluding hydrogens is 404 g/mol. The predicted molar refractivity (Wildman–Crippen MR) is 118 cm³/mol. The van der Waals surface area contributed by atoms with Crippen LogP contribution in [0, 0.1) is 5.92 Å². The molecule has 0 aliphatic rings. The molecule has 30 heavy (non-hydrogen) atoms. The van der Waals surface area contributed by atoms with Crippen molar-refractivity contribution in [3.05, 3.63) is 75.3 Å². The first kappa shape index (κ1) is 21.8. The van der Waals surface area contributed by atoms with Gasteiger partial charge in [-0.15, -0.1) is 0 Å². The molecule has 0 saturated carbocycles. The number of carboxylic acid groups (broad SMARTS) is 1. The van der Waals surface area contributed by atoms with Gasteiger partial charge in [0, 0.05) is 18.1 Å². The van der Waals surface area contributed by atoms with Crippen LogP contribution in [0.5, 0.6) is 0 Å². The molecule has 0 spiro atoms. The van der Waals surface area contributed by atoms with Gasteiger partial charge >= 0.3 is 6.09 Å². The van der Waals surface area contributed by atoms with Gasteiger partial charge < -0.3 is 15.7 Å². The van der Waals surface area contributed by atoms with Crippen LogP contribution in [0.4, 0.5) is 4.79 Å². The standard InChI is InChI=1S/C22H25ClN4O3/c1-14(2)19(24-10-11-25-22(29)30)20-26-18-12-16(23)8-9-17(18)21(28)27(20)13-15-6-4-3-5-7-15/h3-9,12,14,19,24-25H,10-11,13H2,1-2H3,(H,29,30). The first-order valence-corrected chi connectivity index (χ1v) is 10.2. The number of fused-ring (bicyclic) bond motifs is 1. The Kier molecular flexibility index (Phi) is 7.07. The number of aromatic nitrogens is 2. The number of nitrogens with zero attached hydrogens (tertiary/aromatic N) is 2. The van der Waals surface area contributed by atoms with E-state index in [0.717, 1.165) is 5.56 Å². The maximum absolute atomic E-state index is 13.4. The number of hydrogen-bond donors (Lipinski definition) is 3. The van der Waals surface area contributed by atoms with Crippen molar-refractivity contribution in [2.45, 2.75) is 26.4 Å². The monoisotopic (exact) mass is 428 g/mol. The maximum atomic E-state index is 13.4. The molecule has 0 radical (unpaired) electrons. The number of hydrogen-bond acceptors (Lipinski definition) is 4. The van der Waals surface area contributed by atoms with Gasteiger partial charge in [-0.2, -0.15) is 0 Å². The fourth-order valence-corrected chi connectivity index (χ4v) is 3.56. The minimum atomic E-state index is -1.07. The van der Waals surface area contributed by atoms with Gasteiger partial charge in [0.1, 0.15) is 5.82 Å². The highest BCUT2D eigenvalue weighted by Crippen LogP contribution is 2.23. The second-order valence-corrected chi connectivity index (χ2v) is 7.85. The lowest BCUT2D eigenvalue weighted by atomic mass is 10.0. The third-order valence-electron chi connectivity index (χ3n) is 4.84. The zero-order valence-corrected chi connectivity index (χ0v) is 17.7. The molecule has 7 nitrogen and oxygen atoms in total. The van der Waals surface area contributed by atoms with Gasteiger partial charge in [0.15, 0.2) is 0 Å². The third kappa shape index (κ3) is 5.17. The first-order chi connectivity index (χ1) is 14.4. The first-order valence-electron chi connectivity index (χ1n) is 9.81. The largest absolute Gasteiger partial charge is 0.465 e. The summed E-state index contributed by atoms with van der Waals surface area (Å²) in [6.07, 6.45) is -1.07. The molecule has 2 aromatic carbocycles. The summed E-state index contributed by atoms with van der Waals surface area (Å²) in [5, 5.41) is 15.5. The lowest BCUT2D eigenvalue weighted by Gasteiger charge is -2.25. The fourth-order valence-electron chi connectivity index (χ4n) is 3.39. The highest BCUT2D eigenvalue weighted by Gasteiger charge is 2.23. The summed E-state index contributed by atoms with van der Waals surface area (Å²) in [4.78, 5) is 28.9. The lowest BCUT2D eigenvalue weighted by molar-refractivity contribution is 0.194. The van der Waals surface area contributed by atoms with E-state index in [0.29, 0.717) is 34.8 Å². The van der Waals surface area contributed by atoms with Crippen LogP contribution in [0.1, 0.15) is 31.3 Å². The van der Waals surface area contributed by atoms with Crippen molar-refractivity contribution in [1.82, 2.24) is 20.2 Å². The summed E-state index contributed by atoms with van der Waals surface area (Å²) >= 11 is 6.14. The van der Waals surface area contributed by atoms with Crippen LogP contribution in [-0.2, 0) is 6.54 Å². The average molecular weight is 429 g/mol. The molecule has 1 atom stereocenters. The molecule has 1 unspecified atom stereocenters. The second-order valence-electron chi connectivity index (χ2n) is 7.42. The van der Waals surface area contributed by atoms with Gasteiger partial charge in [0.2, 0.25) is 0 Å². The Labute approximate surface area is 179 Å². The summed E-state index contributed by atoms with van der Waals surface area (Å²) in [7, 11) is 0. The highest BCUT2D eigenvalue weighted by atomic mass is 35.5. The van der Waals surface area contributed by atoms with Crippen molar-refractivity contribution in [2.75, 3.05) is 13.1 Å². The van der Waals surface area contributed by atoms with Gasteiger partial charge in [-0.25, -0.2) is 9.78 Å². The van der Waals surface area contributed by atoms with Gasteiger partial charge in [0.25, 0.3) is 5.56 Å². The molecule has 1 aromatic heterocycles. The second kappa shape index (κ2) is 9.73. The Hall–Kier alpha value is -2.90. The Morgan fingerprint density at radius 3 is 2.57 bits per heavy atom. The SMILES string of the molecule is CC(C)C(NCCNC(=O)O)c1nc2cc(Cl)ccc2c(=O)n1Cc1ccccc1. The number of rotatable bonds is 8. The summed E-state index contributed by atoms with van der Waals surface area (Å²) < 4.78 is 1.69. The smallest absolute Gasteiger partial charge is 0.404 e. The van der Waals surface area contributed by atoms with Crippen molar-refractivity contribution < 1.29 is 9.90 Å². The molecule has 1 heterocycles. The minimum Gasteiger partial charge on any atom is -0.465 e. The molecule has 0 aliphatic carbocycles. The molecule has 0 fully saturated rings. The summed E-state index contributed by atoms with van der Waals surface area (Å²) in [5.41, 5.74) is 1.40. The van der Waals surface area contributed by atoms with E-state index in [9.17, 15) is 9.59 Å². The van der Waals surface area contributed by atoms with E-state index in [1.54, 1.807) is 22.8 Å². The van der Waals surface area contributed by atoms with Crippen LogP contribution in [0.15, 0.2) is 53.3 Å². The van der Waals surface area contributed by atoms with Gasteiger partial charge in [0.05, 0.1) is 23.5 Å². The van der Waals surface area contributed by atoms with Crippen molar-refractivity contribution in [2.24, 2.45) is 5.92 Å². The lowest BCUT2D eigenvalue weighted by Crippen LogP contribution is -2.38. The molecule has 0 aliphatic heterocycles. The zero-order valence-electron chi connectivity index (χ0n) is 16.9. The van der Waals surface area contributed by atoms with E-state index >= 15 is 0 Å². The number of amides is 1.